The van der Waals surface area contributed by atoms with Gasteiger partial charge in [-0.2, -0.15) is 13.2 Å². The van der Waals surface area contributed by atoms with Gasteiger partial charge in [-0.1, -0.05) is 0 Å². The number of alkyl halides is 3. The summed E-state index contributed by atoms with van der Waals surface area (Å²) in [5, 5.41) is 11.4. The smallest absolute Gasteiger partial charge is 0.446 e. The molecule has 0 heterocycles. The fourth-order valence-electron chi connectivity index (χ4n) is 1.57. The molecule has 1 aromatic rings. The van der Waals surface area contributed by atoms with Crippen molar-refractivity contribution in [3.63, 3.8) is 0 Å². The number of carboxylic acids is 1. The van der Waals surface area contributed by atoms with E-state index in [2.05, 4.69) is 5.32 Å². The fourth-order valence-corrected chi connectivity index (χ4v) is 2.11. The number of aliphatic carboxylic acids is 1. The lowest BCUT2D eigenvalue weighted by Crippen LogP contribution is -2.55. The Labute approximate surface area is 128 Å². The second-order valence-electron chi connectivity index (χ2n) is 4.60. The molecule has 1 aromatic carbocycles. The molecule has 0 aromatic heterocycles. The van der Waals surface area contributed by atoms with Crippen LogP contribution in [0.3, 0.4) is 0 Å². The summed E-state index contributed by atoms with van der Waals surface area (Å²) in [5.74, 6) is -2.00. The van der Waals surface area contributed by atoms with Crippen molar-refractivity contribution >= 4 is 23.6 Å². The van der Waals surface area contributed by atoms with Crippen LogP contribution >= 0.6 is 11.8 Å². The number of nitrogens with one attached hydrogen (secondary N) is 1. The van der Waals surface area contributed by atoms with Crippen LogP contribution in [-0.4, -0.2) is 41.7 Å². The molecule has 0 spiro atoms. The first-order valence-electron chi connectivity index (χ1n) is 5.98. The van der Waals surface area contributed by atoms with Gasteiger partial charge in [0.1, 0.15) is 0 Å². The lowest BCUT2D eigenvalue weighted by atomic mass is 10.0. The van der Waals surface area contributed by atoms with E-state index in [1.165, 1.54) is 26.2 Å². The number of halogens is 3. The Morgan fingerprint density at radius 1 is 1.27 bits per heavy atom. The average Bonchev–Trinajstić information content (AvgIpc) is 2.37. The largest absolute Gasteiger partial charge is 0.479 e. The van der Waals surface area contributed by atoms with E-state index in [4.69, 9.17) is 9.84 Å². The highest BCUT2D eigenvalue weighted by Gasteiger charge is 2.35. The molecule has 0 aliphatic heterocycles. The first-order chi connectivity index (χ1) is 10.1. The molecule has 2 N–H and O–H groups in total. The monoisotopic (exact) mass is 337 g/mol. The van der Waals surface area contributed by atoms with Gasteiger partial charge in [0, 0.05) is 17.6 Å². The van der Waals surface area contributed by atoms with Crippen LogP contribution in [0.2, 0.25) is 0 Å². The molecule has 0 saturated heterocycles. The molecule has 0 fully saturated rings. The van der Waals surface area contributed by atoms with Crippen molar-refractivity contribution in [1.82, 2.24) is 5.32 Å². The summed E-state index contributed by atoms with van der Waals surface area (Å²) in [6, 6.07) is 4.67. The van der Waals surface area contributed by atoms with Gasteiger partial charge in [-0.05, 0) is 43.0 Å². The number of benzene rings is 1. The van der Waals surface area contributed by atoms with Crippen molar-refractivity contribution in [3.05, 3.63) is 29.8 Å². The van der Waals surface area contributed by atoms with E-state index in [-0.39, 0.29) is 28.8 Å². The Kier molecular flexibility index (Phi) is 5.84. The summed E-state index contributed by atoms with van der Waals surface area (Å²) in [5.41, 5.74) is -6.00. The number of carbonyl (C=O) groups is 2. The standard InChI is InChI=1S/C13H14F3NO4S/c1-12(7-21-2,11(19)20)17-10(18)8-3-5-9(6-4-8)22-13(14,15)16/h3-6H,7H2,1-2H3,(H,17,18)(H,19,20). The maximum absolute atomic E-state index is 12.2. The normalized spacial score (nSPS) is 14.2. The molecule has 0 bridgehead atoms. The number of thioether (sulfide) groups is 1. The Morgan fingerprint density at radius 2 is 1.82 bits per heavy atom. The Hall–Kier alpha value is -1.74. The summed E-state index contributed by atoms with van der Waals surface area (Å²) in [6.07, 6.45) is 0. The lowest BCUT2D eigenvalue weighted by Gasteiger charge is -2.25. The summed E-state index contributed by atoms with van der Waals surface area (Å²) < 4.78 is 41.4. The topological polar surface area (TPSA) is 75.6 Å². The fraction of sp³-hybridized carbons (Fsp3) is 0.385. The van der Waals surface area contributed by atoms with Gasteiger partial charge in [-0.3, -0.25) is 4.79 Å². The van der Waals surface area contributed by atoms with E-state index in [0.717, 1.165) is 12.1 Å². The van der Waals surface area contributed by atoms with Crippen LogP contribution in [0.25, 0.3) is 0 Å². The van der Waals surface area contributed by atoms with Crippen LogP contribution in [0.15, 0.2) is 29.2 Å². The predicted octanol–water partition coefficient (Wildman–Crippen LogP) is 2.52. The van der Waals surface area contributed by atoms with Gasteiger partial charge in [0.2, 0.25) is 0 Å². The minimum Gasteiger partial charge on any atom is -0.479 e. The minimum atomic E-state index is -4.41. The van der Waals surface area contributed by atoms with Crippen LogP contribution < -0.4 is 5.32 Å². The molecular formula is C13H14F3NO4S. The highest BCUT2D eigenvalue weighted by Crippen LogP contribution is 2.36. The molecular weight excluding hydrogens is 323 g/mol. The number of rotatable bonds is 6. The van der Waals surface area contributed by atoms with Gasteiger partial charge in [0.15, 0.2) is 5.54 Å². The second-order valence-corrected chi connectivity index (χ2v) is 5.74. The zero-order valence-electron chi connectivity index (χ0n) is 11.7. The Bertz CT molecular complexity index is 547. The van der Waals surface area contributed by atoms with Crippen LogP contribution in [0.5, 0.6) is 0 Å². The van der Waals surface area contributed by atoms with E-state index in [1.807, 2.05) is 0 Å². The molecule has 1 atom stereocenters. The Morgan fingerprint density at radius 3 is 2.23 bits per heavy atom. The van der Waals surface area contributed by atoms with Gasteiger partial charge in [0.25, 0.3) is 5.91 Å². The maximum Gasteiger partial charge on any atom is 0.446 e. The molecule has 1 rings (SSSR count). The first-order valence-corrected chi connectivity index (χ1v) is 6.80. The number of methoxy groups -OCH3 is 1. The van der Waals surface area contributed by atoms with Crippen molar-refractivity contribution < 1.29 is 32.6 Å². The van der Waals surface area contributed by atoms with Crippen molar-refractivity contribution in [1.29, 1.82) is 0 Å². The molecule has 0 radical (unpaired) electrons. The van der Waals surface area contributed by atoms with Gasteiger partial charge < -0.3 is 15.2 Å². The van der Waals surface area contributed by atoms with Crippen LogP contribution in [0, 0.1) is 0 Å². The number of hydrogen-bond donors (Lipinski definition) is 2. The van der Waals surface area contributed by atoms with Crippen LogP contribution in [0.4, 0.5) is 13.2 Å². The minimum absolute atomic E-state index is 0.0510. The number of carbonyl (C=O) groups excluding carboxylic acids is 1. The van der Waals surface area contributed by atoms with E-state index in [0.29, 0.717) is 0 Å². The molecule has 1 unspecified atom stereocenters. The summed E-state index contributed by atoms with van der Waals surface area (Å²) >= 11 is -0.298. The molecule has 0 saturated carbocycles. The maximum atomic E-state index is 12.2. The highest BCUT2D eigenvalue weighted by molar-refractivity contribution is 8.00. The van der Waals surface area contributed by atoms with Gasteiger partial charge in [0.05, 0.1) is 6.61 Å². The third-order valence-corrected chi connectivity index (χ3v) is 3.38. The van der Waals surface area contributed by atoms with Crippen molar-refractivity contribution in [2.75, 3.05) is 13.7 Å². The van der Waals surface area contributed by atoms with E-state index in [9.17, 15) is 22.8 Å². The number of hydrogen-bond acceptors (Lipinski definition) is 4. The number of carboxylic acid groups (broad SMARTS) is 1. The first kappa shape index (κ1) is 18.3. The van der Waals surface area contributed by atoms with Gasteiger partial charge >= 0.3 is 11.5 Å². The molecule has 22 heavy (non-hydrogen) atoms. The van der Waals surface area contributed by atoms with E-state index < -0.39 is 22.9 Å². The zero-order chi connectivity index (χ0) is 17.0. The summed E-state index contributed by atoms with van der Waals surface area (Å²) in [7, 11) is 1.29. The van der Waals surface area contributed by atoms with Gasteiger partial charge in [-0.25, -0.2) is 4.79 Å². The molecule has 9 heteroatoms. The van der Waals surface area contributed by atoms with Crippen LogP contribution in [0.1, 0.15) is 17.3 Å². The summed E-state index contributed by atoms with van der Waals surface area (Å²) in [4.78, 5) is 23.1. The molecule has 0 aliphatic rings. The van der Waals surface area contributed by atoms with Crippen molar-refractivity contribution in [3.8, 4) is 0 Å². The number of amides is 1. The SMILES string of the molecule is COCC(C)(NC(=O)c1ccc(SC(F)(F)F)cc1)C(=O)O. The van der Waals surface area contributed by atoms with Crippen molar-refractivity contribution in [2.45, 2.75) is 22.9 Å². The second kappa shape index (κ2) is 7.01. The zero-order valence-corrected chi connectivity index (χ0v) is 12.5. The highest BCUT2D eigenvalue weighted by atomic mass is 32.2. The van der Waals surface area contributed by atoms with E-state index >= 15 is 0 Å². The van der Waals surface area contributed by atoms with E-state index in [1.54, 1.807) is 0 Å². The third kappa shape index (κ3) is 5.23. The molecule has 1 amide bonds. The van der Waals surface area contributed by atoms with Crippen LogP contribution in [-0.2, 0) is 9.53 Å². The molecule has 122 valence electrons. The molecule has 5 nitrogen and oxygen atoms in total. The lowest BCUT2D eigenvalue weighted by molar-refractivity contribution is -0.145. The third-order valence-electron chi connectivity index (χ3n) is 2.64. The Balaban J connectivity index is 2.83. The molecule has 0 aliphatic carbocycles. The number of ether oxygens (including phenoxy) is 1. The summed E-state index contributed by atoms with van der Waals surface area (Å²) in [6.45, 7) is 1.01. The van der Waals surface area contributed by atoms with Crippen molar-refractivity contribution in [2.24, 2.45) is 0 Å². The quantitative estimate of drug-likeness (QED) is 0.780. The predicted molar refractivity (Wildman–Crippen MR) is 73.7 cm³/mol. The van der Waals surface area contributed by atoms with Gasteiger partial charge in [-0.15, -0.1) is 0 Å². The average molecular weight is 337 g/mol.